The van der Waals surface area contributed by atoms with Gasteiger partial charge in [-0.2, -0.15) is 23.7 Å². The first kappa shape index (κ1) is 26.6. The van der Waals surface area contributed by atoms with Crippen molar-refractivity contribution in [1.29, 1.82) is 10.5 Å². The number of nitrogens with zero attached hydrogens (tertiary/aromatic N) is 7. The van der Waals surface area contributed by atoms with E-state index in [0.717, 1.165) is 6.07 Å². The maximum atomic E-state index is 13.6. The molecule has 38 heavy (non-hydrogen) atoms. The highest BCUT2D eigenvalue weighted by molar-refractivity contribution is 6.02. The molecule has 12 heteroatoms. The smallest absolute Gasteiger partial charge is 0.369 e. The van der Waals surface area contributed by atoms with Crippen LogP contribution in [-0.2, 0) is 11.9 Å². The summed E-state index contributed by atoms with van der Waals surface area (Å²) in [6, 6.07) is 9.61. The number of aryl methyl sites for hydroxylation is 2. The van der Waals surface area contributed by atoms with Crippen molar-refractivity contribution >= 4 is 22.4 Å². The van der Waals surface area contributed by atoms with Crippen LogP contribution in [0.3, 0.4) is 0 Å². The normalized spacial score (nSPS) is 17.8. The lowest BCUT2D eigenvalue weighted by atomic mass is 9.80. The largest absolute Gasteiger partial charge is 0.407 e. The van der Waals surface area contributed by atoms with Crippen molar-refractivity contribution in [1.82, 2.24) is 14.5 Å². The van der Waals surface area contributed by atoms with E-state index in [1.807, 2.05) is 17.0 Å². The summed E-state index contributed by atoms with van der Waals surface area (Å²) in [7, 11) is 3.31. The van der Waals surface area contributed by atoms with Gasteiger partial charge in [0, 0.05) is 37.3 Å². The number of anilines is 1. The van der Waals surface area contributed by atoms with Gasteiger partial charge in [0.05, 0.1) is 16.9 Å². The van der Waals surface area contributed by atoms with E-state index in [4.69, 9.17) is 0 Å². The molecule has 1 aliphatic rings. The van der Waals surface area contributed by atoms with Crippen molar-refractivity contribution in [3.8, 4) is 12.1 Å². The molecule has 0 bridgehead atoms. The quantitative estimate of drug-likeness (QED) is 0.270. The third-order valence-electron chi connectivity index (χ3n) is 6.98. The van der Waals surface area contributed by atoms with Gasteiger partial charge in [-0.3, -0.25) is 4.79 Å². The fourth-order valence-electron chi connectivity index (χ4n) is 5.06. The van der Waals surface area contributed by atoms with E-state index < -0.39 is 18.1 Å². The number of pyridine rings is 3. The van der Waals surface area contributed by atoms with Crippen molar-refractivity contribution in [2.24, 2.45) is 18.1 Å². The molecule has 0 atom stereocenters. The van der Waals surface area contributed by atoms with Crippen LogP contribution < -0.4 is 10.5 Å². The standard InChI is InChI=1S/C26H24F3N7O2/c1-14-18(9-11-21(27)32-14)22(34-38-26(28)29)15-4-7-17(8-5-15)35(2)24-19(13-31)25(37)36(3)20-10-6-16(12-30)33-23(20)24/h6,9-11,15,17,26H,4-5,7-8H2,1-3H3/b34-22-. The van der Waals surface area contributed by atoms with E-state index in [9.17, 15) is 28.5 Å². The van der Waals surface area contributed by atoms with Gasteiger partial charge in [0.2, 0.25) is 5.95 Å². The number of aromatic nitrogens is 3. The number of nitriles is 2. The Morgan fingerprint density at radius 1 is 1.16 bits per heavy atom. The zero-order valence-corrected chi connectivity index (χ0v) is 21.0. The lowest BCUT2D eigenvalue weighted by Gasteiger charge is -2.37. The van der Waals surface area contributed by atoms with Crippen molar-refractivity contribution in [2.45, 2.75) is 45.3 Å². The van der Waals surface area contributed by atoms with Gasteiger partial charge in [0.15, 0.2) is 0 Å². The summed E-state index contributed by atoms with van der Waals surface area (Å²) in [5.74, 6) is -0.947. The van der Waals surface area contributed by atoms with Crippen LogP contribution in [-0.4, -0.2) is 39.9 Å². The van der Waals surface area contributed by atoms with Crippen LogP contribution in [0.2, 0.25) is 0 Å². The van der Waals surface area contributed by atoms with Gasteiger partial charge in [-0.1, -0.05) is 5.16 Å². The maximum absolute atomic E-state index is 13.6. The van der Waals surface area contributed by atoms with E-state index in [0.29, 0.717) is 53.7 Å². The van der Waals surface area contributed by atoms with E-state index >= 15 is 0 Å². The Bertz CT molecular complexity index is 1550. The first-order chi connectivity index (χ1) is 18.2. The SMILES string of the molecule is Cc1nc(F)ccc1/C(=N\OC(F)F)C1CCC(N(C)c2c(C#N)c(=O)n(C)c3ccc(C#N)nc23)CC1. The Hall–Kier alpha value is -4.45. The number of hydrogen-bond acceptors (Lipinski definition) is 8. The van der Waals surface area contributed by atoms with Crippen molar-refractivity contribution in [2.75, 3.05) is 11.9 Å². The second-order valence-corrected chi connectivity index (χ2v) is 9.10. The first-order valence-corrected chi connectivity index (χ1v) is 11.9. The fraction of sp³-hybridized carbons (Fsp3) is 0.385. The predicted octanol–water partition coefficient (Wildman–Crippen LogP) is 4.16. The highest BCUT2D eigenvalue weighted by Crippen LogP contribution is 2.35. The number of hydrogen-bond donors (Lipinski definition) is 0. The third kappa shape index (κ3) is 5.02. The molecule has 9 nitrogen and oxygen atoms in total. The van der Waals surface area contributed by atoms with Crippen molar-refractivity contribution in [3.63, 3.8) is 0 Å². The lowest BCUT2D eigenvalue weighted by Crippen LogP contribution is -2.39. The summed E-state index contributed by atoms with van der Waals surface area (Å²) in [5, 5.41) is 22.9. The second-order valence-electron chi connectivity index (χ2n) is 9.10. The molecule has 1 fully saturated rings. The summed E-state index contributed by atoms with van der Waals surface area (Å²) >= 11 is 0. The maximum Gasteiger partial charge on any atom is 0.407 e. The first-order valence-electron chi connectivity index (χ1n) is 11.9. The number of oxime groups is 1. The monoisotopic (exact) mass is 523 g/mol. The zero-order valence-electron chi connectivity index (χ0n) is 21.0. The average Bonchev–Trinajstić information content (AvgIpc) is 2.91. The van der Waals surface area contributed by atoms with Crippen LogP contribution in [0.1, 0.15) is 48.2 Å². The minimum atomic E-state index is -3.11. The molecule has 0 spiro atoms. The Balaban J connectivity index is 1.67. The van der Waals surface area contributed by atoms with Gasteiger partial charge < -0.3 is 14.3 Å². The Morgan fingerprint density at radius 2 is 1.87 bits per heavy atom. The molecule has 3 heterocycles. The molecule has 3 aromatic heterocycles. The molecule has 0 amide bonds. The highest BCUT2D eigenvalue weighted by Gasteiger charge is 2.32. The van der Waals surface area contributed by atoms with Crippen LogP contribution in [0.15, 0.2) is 34.2 Å². The van der Waals surface area contributed by atoms with Crippen LogP contribution in [0.25, 0.3) is 11.0 Å². The van der Waals surface area contributed by atoms with Crippen molar-refractivity contribution < 1.29 is 18.0 Å². The Morgan fingerprint density at radius 3 is 2.47 bits per heavy atom. The van der Waals surface area contributed by atoms with Crippen molar-refractivity contribution in [3.05, 3.63) is 63.1 Å². The molecule has 0 saturated heterocycles. The van der Waals surface area contributed by atoms with E-state index in [1.54, 1.807) is 27.1 Å². The van der Waals surface area contributed by atoms with Gasteiger partial charge in [-0.25, -0.2) is 9.97 Å². The van der Waals surface area contributed by atoms with Crippen LogP contribution in [0.5, 0.6) is 0 Å². The molecule has 0 N–H and O–H groups in total. The van der Waals surface area contributed by atoms with Crippen LogP contribution in [0, 0.1) is 41.5 Å². The van der Waals surface area contributed by atoms with Gasteiger partial charge in [-0.05, 0) is 56.9 Å². The van der Waals surface area contributed by atoms with Gasteiger partial charge >= 0.3 is 6.61 Å². The summed E-state index contributed by atoms with van der Waals surface area (Å²) in [4.78, 5) is 27.3. The summed E-state index contributed by atoms with van der Waals surface area (Å²) < 4.78 is 40.5. The molecule has 0 aromatic carbocycles. The summed E-state index contributed by atoms with van der Waals surface area (Å²) in [6.07, 6.45) is 2.20. The predicted molar refractivity (Wildman–Crippen MR) is 133 cm³/mol. The third-order valence-corrected chi connectivity index (χ3v) is 6.98. The second kappa shape index (κ2) is 10.9. The van der Waals surface area contributed by atoms with Gasteiger partial charge in [0.1, 0.15) is 28.9 Å². The minimum Gasteiger partial charge on any atom is -0.369 e. The molecule has 0 radical (unpaired) electrons. The Labute approximate surface area is 216 Å². The Kier molecular flexibility index (Phi) is 7.62. The molecule has 4 rings (SSSR count). The van der Waals surface area contributed by atoms with Crippen LogP contribution in [0.4, 0.5) is 18.9 Å². The van der Waals surface area contributed by atoms with Crippen LogP contribution >= 0.6 is 0 Å². The molecular formula is C26H24F3N7O2. The average molecular weight is 524 g/mol. The molecule has 0 unspecified atom stereocenters. The number of fused-ring (bicyclic) bond motifs is 1. The zero-order chi connectivity index (χ0) is 27.6. The van der Waals surface area contributed by atoms with E-state index in [2.05, 4.69) is 20.0 Å². The summed E-state index contributed by atoms with van der Waals surface area (Å²) in [6.45, 7) is -1.53. The van der Waals surface area contributed by atoms with E-state index in [1.165, 1.54) is 16.7 Å². The van der Waals surface area contributed by atoms with E-state index in [-0.39, 0.29) is 28.9 Å². The number of alkyl halides is 2. The van der Waals surface area contributed by atoms with Gasteiger partial charge in [-0.15, -0.1) is 0 Å². The fourth-order valence-corrected chi connectivity index (χ4v) is 5.06. The molecule has 1 saturated carbocycles. The highest BCUT2D eigenvalue weighted by atomic mass is 19.3. The minimum absolute atomic E-state index is 0.0761. The number of rotatable bonds is 6. The lowest BCUT2D eigenvalue weighted by molar-refractivity contribution is -0.128. The topological polar surface area (TPSA) is 120 Å². The van der Waals surface area contributed by atoms with Gasteiger partial charge in [0.25, 0.3) is 5.56 Å². The summed E-state index contributed by atoms with van der Waals surface area (Å²) in [5.41, 5.74) is 1.82. The molecule has 1 aliphatic carbocycles. The molecule has 3 aromatic rings. The molecule has 196 valence electrons. The number of halogens is 3. The molecular weight excluding hydrogens is 499 g/mol. The molecule has 0 aliphatic heterocycles.